The first-order valence-electron chi connectivity index (χ1n) is 4.03. The quantitative estimate of drug-likeness (QED) is 0.354. The Morgan fingerprint density at radius 3 is 2.25 bits per heavy atom. The molecular weight excluding hydrogens is 225 g/mol. The van der Waals surface area contributed by atoms with Crippen LogP contribution in [0.15, 0.2) is 34.5 Å². The van der Waals surface area contributed by atoms with E-state index in [0.717, 1.165) is 24.3 Å². The third-order valence-electron chi connectivity index (χ3n) is 1.61. The maximum atomic E-state index is 12.2. The summed E-state index contributed by atoms with van der Waals surface area (Å²) >= 11 is 0. The van der Waals surface area contributed by atoms with Gasteiger partial charge in [-0.05, 0) is 24.3 Å². The Labute approximate surface area is 88.1 Å². The van der Waals surface area contributed by atoms with Gasteiger partial charge in [0.25, 0.3) is 5.96 Å². The van der Waals surface area contributed by atoms with Crippen molar-refractivity contribution in [3.63, 3.8) is 0 Å². The highest BCUT2D eigenvalue weighted by atomic mass is 19.4. The Hall–Kier alpha value is -2.12. The maximum Gasteiger partial charge on any atom is 0.416 e. The molecule has 0 aliphatic rings. The molecule has 1 aromatic carbocycles. The van der Waals surface area contributed by atoms with Gasteiger partial charge in [-0.25, -0.2) is 0 Å². The lowest BCUT2D eigenvalue weighted by Gasteiger charge is -2.06. The molecule has 0 atom stereocenters. The summed E-state index contributed by atoms with van der Waals surface area (Å²) in [7, 11) is 0. The van der Waals surface area contributed by atoms with Crippen molar-refractivity contribution in [2.45, 2.75) is 6.18 Å². The van der Waals surface area contributed by atoms with Gasteiger partial charge in [-0.1, -0.05) is 0 Å². The number of benzene rings is 1. The Morgan fingerprint density at radius 2 is 1.81 bits per heavy atom. The minimum Gasteiger partial charge on any atom is -0.364 e. The van der Waals surface area contributed by atoms with Gasteiger partial charge in [0.2, 0.25) is 0 Å². The van der Waals surface area contributed by atoms with Crippen LogP contribution in [0.1, 0.15) is 5.56 Å². The fraction of sp³-hybridized carbons (Fsp3) is 0.125. The second-order valence-corrected chi connectivity index (χ2v) is 2.75. The summed E-state index contributed by atoms with van der Waals surface area (Å²) in [6, 6.07) is 4.07. The van der Waals surface area contributed by atoms with E-state index in [1.54, 1.807) is 0 Å². The van der Waals surface area contributed by atoms with Gasteiger partial charge in [-0.15, -0.1) is 10.0 Å². The fourth-order valence-electron chi connectivity index (χ4n) is 0.876. The summed E-state index contributed by atoms with van der Waals surface area (Å²) in [5.74, 6) is -0.542. The SMILES string of the molecule is N/C(N=O)=N\Nc1ccc(C(F)(F)F)cc1. The van der Waals surface area contributed by atoms with Gasteiger partial charge in [0.1, 0.15) is 0 Å². The van der Waals surface area contributed by atoms with Crippen LogP contribution < -0.4 is 11.2 Å². The number of halogens is 3. The molecular formula is C8H7F3N4O. The van der Waals surface area contributed by atoms with Crippen LogP contribution in [0.2, 0.25) is 0 Å². The minimum atomic E-state index is -4.38. The van der Waals surface area contributed by atoms with Crippen LogP contribution in [0.25, 0.3) is 0 Å². The van der Waals surface area contributed by atoms with Gasteiger partial charge in [0, 0.05) is 5.18 Å². The van der Waals surface area contributed by atoms with Crippen LogP contribution in [-0.4, -0.2) is 5.96 Å². The van der Waals surface area contributed by atoms with Gasteiger partial charge < -0.3 is 5.73 Å². The molecule has 0 unspecified atom stereocenters. The van der Waals surface area contributed by atoms with Crippen LogP contribution in [0.3, 0.4) is 0 Å². The van der Waals surface area contributed by atoms with Crippen LogP contribution >= 0.6 is 0 Å². The lowest BCUT2D eigenvalue weighted by molar-refractivity contribution is -0.137. The third kappa shape index (κ3) is 3.23. The molecule has 0 aromatic heterocycles. The molecule has 0 aliphatic heterocycles. The average molecular weight is 232 g/mol. The molecule has 0 bridgehead atoms. The van der Waals surface area contributed by atoms with E-state index in [2.05, 4.69) is 15.7 Å². The monoisotopic (exact) mass is 232 g/mol. The molecule has 0 saturated carbocycles. The van der Waals surface area contributed by atoms with E-state index in [0.29, 0.717) is 0 Å². The molecule has 8 heteroatoms. The van der Waals surface area contributed by atoms with Crippen molar-refractivity contribution in [2.24, 2.45) is 16.0 Å². The minimum absolute atomic E-state index is 0.264. The molecule has 0 amide bonds. The molecule has 1 aromatic rings. The van der Waals surface area contributed by atoms with Gasteiger partial charge in [0.15, 0.2) is 0 Å². The van der Waals surface area contributed by atoms with E-state index >= 15 is 0 Å². The predicted octanol–water partition coefficient (Wildman–Crippen LogP) is 2.11. The van der Waals surface area contributed by atoms with Gasteiger partial charge in [0.05, 0.1) is 11.3 Å². The molecule has 5 nitrogen and oxygen atoms in total. The van der Waals surface area contributed by atoms with E-state index < -0.39 is 17.7 Å². The molecule has 0 fully saturated rings. The van der Waals surface area contributed by atoms with Crippen LogP contribution in [0.5, 0.6) is 0 Å². The summed E-state index contributed by atoms with van der Waals surface area (Å²) in [5.41, 5.74) is 6.71. The molecule has 0 saturated heterocycles. The number of hydrogen-bond acceptors (Lipinski definition) is 3. The van der Waals surface area contributed by atoms with Crippen molar-refractivity contribution in [1.29, 1.82) is 0 Å². The summed E-state index contributed by atoms with van der Waals surface area (Å²) in [6.45, 7) is 0. The smallest absolute Gasteiger partial charge is 0.364 e. The van der Waals surface area contributed by atoms with Crippen molar-refractivity contribution >= 4 is 11.6 Å². The molecule has 86 valence electrons. The fourth-order valence-corrected chi connectivity index (χ4v) is 0.876. The normalized spacial score (nSPS) is 12.3. The van der Waals surface area contributed by atoms with Crippen molar-refractivity contribution in [3.05, 3.63) is 34.7 Å². The predicted molar refractivity (Wildman–Crippen MR) is 52.5 cm³/mol. The number of guanidine groups is 1. The number of anilines is 1. The Bertz CT molecular complexity index is 399. The first-order chi connectivity index (χ1) is 7.43. The number of nitrogens with zero attached hydrogens (tertiary/aromatic N) is 2. The standard InChI is InChI=1S/C8H7F3N4O/c9-8(10,11)5-1-3-6(4-2-5)13-14-7(12)15-16/h1-4,13H,(H2,12,14). The molecule has 0 aliphatic carbocycles. The molecule has 0 heterocycles. The summed E-state index contributed by atoms with van der Waals surface area (Å²) in [4.78, 5) is 9.82. The van der Waals surface area contributed by atoms with Crippen LogP contribution in [-0.2, 0) is 6.18 Å². The number of rotatable bonds is 2. The van der Waals surface area contributed by atoms with Crippen LogP contribution in [0, 0.1) is 4.91 Å². The Balaban J connectivity index is 2.76. The Morgan fingerprint density at radius 1 is 1.25 bits per heavy atom. The zero-order valence-corrected chi connectivity index (χ0v) is 7.82. The number of hydrazone groups is 1. The number of alkyl halides is 3. The average Bonchev–Trinajstić information content (AvgIpc) is 2.25. The molecule has 0 radical (unpaired) electrons. The zero-order chi connectivity index (χ0) is 12.2. The largest absolute Gasteiger partial charge is 0.416 e. The molecule has 16 heavy (non-hydrogen) atoms. The highest BCUT2D eigenvalue weighted by molar-refractivity contribution is 5.79. The lowest BCUT2D eigenvalue weighted by Crippen LogP contribution is -2.09. The lowest BCUT2D eigenvalue weighted by atomic mass is 10.2. The van der Waals surface area contributed by atoms with E-state index in [9.17, 15) is 18.1 Å². The highest BCUT2D eigenvalue weighted by Gasteiger charge is 2.29. The maximum absolute atomic E-state index is 12.2. The molecule has 0 spiro atoms. The number of nitrogens with two attached hydrogens (primary N) is 1. The van der Waals surface area contributed by atoms with Crippen molar-refractivity contribution in [2.75, 3.05) is 5.43 Å². The number of nitroso groups, excluding NO2 is 1. The van der Waals surface area contributed by atoms with Crippen LogP contribution in [0.4, 0.5) is 18.9 Å². The molecule has 1 rings (SSSR count). The first-order valence-corrected chi connectivity index (χ1v) is 4.03. The summed E-state index contributed by atoms with van der Waals surface area (Å²) < 4.78 is 36.5. The van der Waals surface area contributed by atoms with E-state index in [1.165, 1.54) is 0 Å². The third-order valence-corrected chi connectivity index (χ3v) is 1.61. The Kier molecular flexibility index (Phi) is 3.44. The van der Waals surface area contributed by atoms with E-state index in [-0.39, 0.29) is 5.69 Å². The van der Waals surface area contributed by atoms with E-state index in [4.69, 9.17) is 5.73 Å². The number of nitrogens with one attached hydrogen (secondary N) is 1. The topological polar surface area (TPSA) is 79.8 Å². The van der Waals surface area contributed by atoms with Gasteiger partial charge in [-0.3, -0.25) is 5.43 Å². The van der Waals surface area contributed by atoms with E-state index in [1.807, 2.05) is 0 Å². The second kappa shape index (κ2) is 4.60. The summed E-state index contributed by atoms with van der Waals surface area (Å²) in [5, 5.41) is 5.58. The zero-order valence-electron chi connectivity index (χ0n) is 7.82. The molecule has 3 N–H and O–H groups in total. The van der Waals surface area contributed by atoms with Gasteiger partial charge in [-0.2, -0.15) is 13.2 Å². The highest BCUT2D eigenvalue weighted by Crippen LogP contribution is 2.29. The van der Waals surface area contributed by atoms with Crippen molar-refractivity contribution in [1.82, 2.24) is 0 Å². The number of hydrogen-bond donors (Lipinski definition) is 2. The summed E-state index contributed by atoms with van der Waals surface area (Å²) in [6.07, 6.45) is -4.38. The van der Waals surface area contributed by atoms with Gasteiger partial charge >= 0.3 is 6.18 Å². The first kappa shape index (κ1) is 12.0. The van der Waals surface area contributed by atoms with Crippen molar-refractivity contribution < 1.29 is 13.2 Å². The van der Waals surface area contributed by atoms with Crippen molar-refractivity contribution in [3.8, 4) is 0 Å². The second-order valence-electron chi connectivity index (χ2n) is 2.75.